The molecule has 9 heteroatoms. The SMILES string of the molecule is CCN(c1cncc(C(=O)NCCN2CCOCC2)c1)C1CCS(=O)(=O)C1. The summed E-state index contributed by atoms with van der Waals surface area (Å²) in [7, 11) is -2.96. The van der Waals surface area contributed by atoms with Gasteiger partial charge in [-0.2, -0.15) is 0 Å². The topological polar surface area (TPSA) is 91.8 Å². The zero-order valence-electron chi connectivity index (χ0n) is 15.8. The van der Waals surface area contributed by atoms with Crippen molar-refractivity contribution in [3.63, 3.8) is 0 Å². The molecule has 0 aliphatic carbocycles. The first-order chi connectivity index (χ1) is 13.0. The van der Waals surface area contributed by atoms with Crippen LogP contribution in [0.2, 0.25) is 0 Å². The van der Waals surface area contributed by atoms with Crippen LogP contribution >= 0.6 is 0 Å². The lowest BCUT2D eigenvalue weighted by Gasteiger charge is -2.29. The molecule has 2 aliphatic rings. The zero-order chi connectivity index (χ0) is 19.3. The average Bonchev–Trinajstić information content (AvgIpc) is 3.03. The molecule has 1 unspecified atom stereocenters. The van der Waals surface area contributed by atoms with Crippen LogP contribution in [0, 0.1) is 0 Å². The van der Waals surface area contributed by atoms with Gasteiger partial charge in [0, 0.05) is 45.0 Å². The van der Waals surface area contributed by atoms with Crippen molar-refractivity contribution in [3.05, 3.63) is 24.0 Å². The number of anilines is 1. The van der Waals surface area contributed by atoms with Crippen molar-refractivity contribution in [1.82, 2.24) is 15.2 Å². The van der Waals surface area contributed by atoms with E-state index in [-0.39, 0.29) is 23.5 Å². The Kier molecular flexibility index (Phi) is 6.67. The van der Waals surface area contributed by atoms with Crippen LogP contribution in [0.25, 0.3) is 0 Å². The number of aromatic nitrogens is 1. The Labute approximate surface area is 160 Å². The third kappa shape index (κ3) is 5.40. The van der Waals surface area contributed by atoms with Crippen LogP contribution < -0.4 is 10.2 Å². The minimum Gasteiger partial charge on any atom is -0.379 e. The summed E-state index contributed by atoms with van der Waals surface area (Å²) in [6.07, 6.45) is 3.86. The van der Waals surface area contributed by atoms with E-state index >= 15 is 0 Å². The molecule has 0 saturated carbocycles. The minimum atomic E-state index is -2.96. The van der Waals surface area contributed by atoms with E-state index in [1.807, 2.05) is 11.8 Å². The van der Waals surface area contributed by atoms with Gasteiger partial charge in [0.05, 0.1) is 42.2 Å². The number of amides is 1. The normalized spacial score (nSPS) is 22.5. The number of rotatable bonds is 7. The van der Waals surface area contributed by atoms with E-state index in [1.54, 1.807) is 18.5 Å². The van der Waals surface area contributed by atoms with Crippen LogP contribution in [0.1, 0.15) is 23.7 Å². The van der Waals surface area contributed by atoms with Gasteiger partial charge in [0.15, 0.2) is 9.84 Å². The molecule has 2 aliphatic heterocycles. The van der Waals surface area contributed by atoms with Gasteiger partial charge in [-0.3, -0.25) is 14.7 Å². The summed E-state index contributed by atoms with van der Waals surface area (Å²) in [5.74, 6) is 0.229. The molecule has 1 N–H and O–H groups in total. The van der Waals surface area contributed by atoms with Crippen molar-refractivity contribution in [3.8, 4) is 0 Å². The first-order valence-corrected chi connectivity index (χ1v) is 11.3. The Hall–Kier alpha value is -1.71. The lowest BCUT2D eigenvalue weighted by molar-refractivity contribution is 0.0383. The van der Waals surface area contributed by atoms with Crippen molar-refractivity contribution >= 4 is 21.4 Å². The molecule has 1 atom stereocenters. The number of hydrogen-bond donors (Lipinski definition) is 1. The number of hydrogen-bond acceptors (Lipinski definition) is 7. The predicted molar refractivity (Wildman–Crippen MR) is 104 cm³/mol. The van der Waals surface area contributed by atoms with E-state index in [9.17, 15) is 13.2 Å². The number of sulfone groups is 1. The summed E-state index contributed by atoms with van der Waals surface area (Å²) < 4.78 is 28.9. The van der Waals surface area contributed by atoms with Gasteiger partial charge in [-0.05, 0) is 19.4 Å². The summed E-state index contributed by atoms with van der Waals surface area (Å²) in [5.41, 5.74) is 1.29. The molecule has 2 fully saturated rings. The van der Waals surface area contributed by atoms with Gasteiger partial charge in [-0.25, -0.2) is 8.42 Å². The summed E-state index contributed by atoms with van der Waals surface area (Å²) in [6, 6.07) is 1.74. The molecule has 2 saturated heterocycles. The molecule has 0 radical (unpaired) electrons. The molecule has 1 aromatic rings. The number of morpholine rings is 1. The Bertz CT molecular complexity index is 749. The molecular formula is C18H28N4O4S. The maximum absolute atomic E-state index is 12.5. The predicted octanol–water partition coefficient (Wildman–Crippen LogP) is 0.157. The second-order valence-corrected chi connectivity index (χ2v) is 9.21. The fourth-order valence-electron chi connectivity index (χ4n) is 3.64. The standard InChI is InChI=1S/C18H28N4O4S/c1-2-22(16-3-10-27(24,25)14-16)17-11-15(12-19-13-17)18(23)20-4-5-21-6-8-26-9-7-21/h11-13,16H,2-10,14H2,1H3,(H,20,23). The first kappa shape index (κ1) is 20.0. The molecule has 1 amide bonds. The molecule has 3 heterocycles. The maximum Gasteiger partial charge on any atom is 0.252 e. The van der Waals surface area contributed by atoms with Gasteiger partial charge < -0.3 is 15.0 Å². The highest BCUT2D eigenvalue weighted by atomic mass is 32.2. The summed E-state index contributed by atoms with van der Waals surface area (Å²) in [5, 5.41) is 2.94. The molecular weight excluding hydrogens is 368 g/mol. The number of carbonyl (C=O) groups is 1. The second-order valence-electron chi connectivity index (χ2n) is 6.98. The third-order valence-corrected chi connectivity index (χ3v) is 6.88. The molecule has 0 spiro atoms. The van der Waals surface area contributed by atoms with E-state index in [1.165, 1.54) is 0 Å². The Morgan fingerprint density at radius 3 is 2.81 bits per heavy atom. The van der Waals surface area contributed by atoms with Crippen molar-refractivity contribution in [2.75, 3.05) is 62.3 Å². The quantitative estimate of drug-likeness (QED) is 0.702. The lowest BCUT2D eigenvalue weighted by atomic mass is 10.1. The smallest absolute Gasteiger partial charge is 0.252 e. The maximum atomic E-state index is 12.5. The minimum absolute atomic E-state index is 0.0542. The van der Waals surface area contributed by atoms with Gasteiger partial charge in [-0.1, -0.05) is 0 Å². The van der Waals surface area contributed by atoms with E-state index in [2.05, 4.69) is 15.2 Å². The van der Waals surface area contributed by atoms with Crippen LogP contribution in [0.15, 0.2) is 18.5 Å². The van der Waals surface area contributed by atoms with Gasteiger partial charge in [-0.15, -0.1) is 0 Å². The molecule has 8 nitrogen and oxygen atoms in total. The first-order valence-electron chi connectivity index (χ1n) is 9.49. The zero-order valence-corrected chi connectivity index (χ0v) is 16.6. The van der Waals surface area contributed by atoms with E-state index in [0.717, 1.165) is 38.5 Å². The number of carbonyl (C=O) groups excluding carboxylic acids is 1. The van der Waals surface area contributed by atoms with Gasteiger partial charge in [0.2, 0.25) is 0 Å². The van der Waals surface area contributed by atoms with Crippen molar-refractivity contribution < 1.29 is 17.9 Å². The van der Waals surface area contributed by atoms with Crippen LogP contribution in [0.3, 0.4) is 0 Å². The third-order valence-electron chi connectivity index (χ3n) is 5.12. The Morgan fingerprint density at radius 1 is 1.37 bits per heavy atom. The summed E-state index contributed by atoms with van der Waals surface area (Å²) in [6.45, 7) is 7.29. The fraction of sp³-hybridized carbons (Fsp3) is 0.667. The van der Waals surface area contributed by atoms with Crippen LogP contribution in [-0.2, 0) is 14.6 Å². The molecule has 0 aromatic carbocycles. The van der Waals surface area contributed by atoms with Gasteiger partial charge in [0.25, 0.3) is 5.91 Å². The highest BCUT2D eigenvalue weighted by molar-refractivity contribution is 7.91. The summed E-state index contributed by atoms with van der Waals surface area (Å²) >= 11 is 0. The average molecular weight is 397 g/mol. The molecule has 0 bridgehead atoms. The van der Waals surface area contributed by atoms with Crippen LogP contribution in [0.5, 0.6) is 0 Å². The van der Waals surface area contributed by atoms with Crippen LogP contribution in [0.4, 0.5) is 5.69 Å². The van der Waals surface area contributed by atoms with E-state index in [4.69, 9.17) is 4.74 Å². The highest BCUT2D eigenvalue weighted by Gasteiger charge is 2.32. The number of ether oxygens (including phenoxy) is 1. The molecule has 3 rings (SSSR count). The van der Waals surface area contributed by atoms with Crippen molar-refractivity contribution in [2.24, 2.45) is 0 Å². The number of nitrogens with zero attached hydrogens (tertiary/aromatic N) is 3. The molecule has 150 valence electrons. The van der Waals surface area contributed by atoms with Crippen molar-refractivity contribution in [2.45, 2.75) is 19.4 Å². The van der Waals surface area contributed by atoms with Gasteiger partial charge >= 0.3 is 0 Å². The largest absolute Gasteiger partial charge is 0.379 e. The molecule has 1 aromatic heterocycles. The number of pyridine rings is 1. The van der Waals surface area contributed by atoms with Crippen molar-refractivity contribution in [1.29, 1.82) is 0 Å². The number of nitrogens with one attached hydrogen (secondary N) is 1. The van der Waals surface area contributed by atoms with Crippen LogP contribution in [-0.4, -0.2) is 87.7 Å². The Morgan fingerprint density at radius 2 is 2.15 bits per heavy atom. The molecule has 27 heavy (non-hydrogen) atoms. The summed E-state index contributed by atoms with van der Waals surface area (Å²) in [4.78, 5) is 21.0. The monoisotopic (exact) mass is 396 g/mol. The fourth-order valence-corrected chi connectivity index (χ4v) is 5.37. The van der Waals surface area contributed by atoms with Gasteiger partial charge in [0.1, 0.15) is 0 Å². The van der Waals surface area contributed by atoms with E-state index in [0.29, 0.717) is 25.1 Å². The lowest BCUT2D eigenvalue weighted by Crippen LogP contribution is -2.41. The van der Waals surface area contributed by atoms with E-state index < -0.39 is 9.84 Å². The second kappa shape index (κ2) is 8.99. The Balaban J connectivity index is 1.59. The highest BCUT2D eigenvalue weighted by Crippen LogP contribution is 2.24.